The van der Waals surface area contributed by atoms with Crippen molar-refractivity contribution in [3.8, 4) is 5.75 Å². The van der Waals surface area contributed by atoms with Crippen LogP contribution in [0, 0.1) is 0 Å². The Morgan fingerprint density at radius 2 is 1.89 bits per heavy atom. The van der Waals surface area contributed by atoms with Crippen molar-refractivity contribution in [2.45, 2.75) is 18.9 Å². The summed E-state index contributed by atoms with van der Waals surface area (Å²) in [7, 11) is 1.60. The molecule has 0 spiro atoms. The van der Waals surface area contributed by atoms with Crippen LogP contribution < -0.4 is 10.1 Å². The summed E-state index contributed by atoms with van der Waals surface area (Å²) in [4.78, 5) is 12.1. The van der Waals surface area contributed by atoms with E-state index in [-0.39, 0.29) is 5.91 Å². The fraction of sp³-hybridized carbons (Fsp3) is 0.267. The second-order valence-corrected chi connectivity index (χ2v) is 4.65. The average Bonchev–Trinajstić information content (AvgIpc) is 3.21. The number of amides is 1. The predicted octanol–water partition coefficient (Wildman–Crippen LogP) is 2.74. The molecule has 2 aromatic rings. The van der Waals surface area contributed by atoms with Crippen molar-refractivity contribution in [1.29, 1.82) is 0 Å². The molecule has 1 aliphatic rings. The van der Waals surface area contributed by atoms with Gasteiger partial charge in [-0.05, 0) is 35.7 Å². The minimum Gasteiger partial charge on any atom is -0.496 e. The van der Waals surface area contributed by atoms with Gasteiger partial charge in [-0.2, -0.15) is 0 Å². The van der Waals surface area contributed by atoms with Crippen molar-refractivity contribution in [3.05, 3.63) is 42.0 Å². The molecule has 0 unspecified atom stereocenters. The SMILES string of the molecule is COc1cc2ccccc2cc1C(=O)NC1CC1. The first kappa shape index (κ1) is 11.1. The van der Waals surface area contributed by atoms with Crippen LogP contribution in [0.25, 0.3) is 10.8 Å². The summed E-state index contributed by atoms with van der Waals surface area (Å²) in [6.45, 7) is 0. The van der Waals surface area contributed by atoms with E-state index >= 15 is 0 Å². The quantitative estimate of drug-likeness (QED) is 0.897. The van der Waals surface area contributed by atoms with Gasteiger partial charge in [0, 0.05) is 6.04 Å². The second-order valence-electron chi connectivity index (χ2n) is 4.65. The molecule has 1 aliphatic carbocycles. The third-order valence-corrected chi connectivity index (χ3v) is 3.23. The molecule has 1 fully saturated rings. The van der Waals surface area contributed by atoms with E-state index in [0.29, 0.717) is 17.4 Å². The Labute approximate surface area is 106 Å². The van der Waals surface area contributed by atoms with Crippen LogP contribution in [-0.2, 0) is 0 Å². The van der Waals surface area contributed by atoms with Crippen molar-refractivity contribution in [1.82, 2.24) is 5.32 Å². The van der Waals surface area contributed by atoms with Gasteiger partial charge in [-0.1, -0.05) is 24.3 Å². The van der Waals surface area contributed by atoms with Crippen molar-refractivity contribution < 1.29 is 9.53 Å². The molecular weight excluding hydrogens is 226 g/mol. The molecule has 0 bridgehead atoms. The standard InChI is InChI=1S/C15H15NO2/c1-18-14-9-11-5-3-2-4-10(11)8-13(14)15(17)16-12-6-7-12/h2-5,8-9,12H,6-7H2,1H3,(H,16,17). The third-order valence-electron chi connectivity index (χ3n) is 3.23. The van der Waals surface area contributed by atoms with Crippen molar-refractivity contribution >= 4 is 16.7 Å². The molecule has 3 nitrogen and oxygen atoms in total. The minimum atomic E-state index is -0.0416. The van der Waals surface area contributed by atoms with Crippen LogP contribution in [0.3, 0.4) is 0 Å². The summed E-state index contributed by atoms with van der Waals surface area (Å²) in [5.41, 5.74) is 0.614. The van der Waals surface area contributed by atoms with Gasteiger partial charge in [-0.15, -0.1) is 0 Å². The van der Waals surface area contributed by atoms with Gasteiger partial charge in [0.15, 0.2) is 0 Å². The lowest BCUT2D eigenvalue weighted by Crippen LogP contribution is -2.25. The lowest BCUT2D eigenvalue weighted by molar-refractivity contribution is 0.0948. The molecule has 0 aliphatic heterocycles. The van der Waals surface area contributed by atoms with Crippen molar-refractivity contribution in [3.63, 3.8) is 0 Å². The molecule has 1 saturated carbocycles. The van der Waals surface area contributed by atoms with E-state index in [4.69, 9.17) is 4.74 Å². The van der Waals surface area contributed by atoms with Crippen LogP contribution >= 0.6 is 0 Å². The Kier molecular flexibility index (Phi) is 2.67. The topological polar surface area (TPSA) is 38.3 Å². The molecule has 1 N–H and O–H groups in total. The van der Waals surface area contributed by atoms with Gasteiger partial charge in [0.1, 0.15) is 5.75 Å². The molecule has 0 radical (unpaired) electrons. The van der Waals surface area contributed by atoms with E-state index in [1.165, 1.54) is 0 Å². The van der Waals surface area contributed by atoms with Crippen molar-refractivity contribution in [2.75, 3.05) is 7.11 Å². The molecule has 0 atom stereocenters. The highest BCUT2D eigenvalue weighted by atomic mass is 16.5. The molecule has 3 rings (SSSR count). The van der Waals surface area contributed by atoms with E-state index in [1.54, 1.807) is 7.11 Å². The number of carbonyl (C=O) groups is 1. The minimum absolute atomic E-state index is 0.0416. The summed E-state index contributed by atoms with van der Waals surface area (Å²) < 4.78 is 5.32. The van der Waals surface area contributed by atoms with E-state index in [9.17, 15) is 4.79 Å². The summed E-state index contributed by atoms with van der Waals surface area (Å²) >= 11 is 0. The van der Waals surface area contributed by atoms with Crippen LogP contribution in [0.2, 0.25) is 0 Å². The predicted molar refractivity (Wildman–Crippen MR) is 71.0 cm³/mol. The number of carbonyl (C=O) groups excluding carboxylic acids is 1. The Bertz CT molecular complexity index is 602. The van der Waals surface area contributed by atoms with E-state index in [0.717, 1.165) is 23.6 Å². The summed E-state index contributed by atoms with van der Waals surface area (Å²) in [6.07, 6.45) is 2.17. The van der Waals surface area contributed by atoms with Crippen LogP contribution in [-0.4, -0.2) is 19.1 Å². The highest BCUT2D eigenvalue weighted by Crippen LogP contribution is 2.27. The highest BCUT2D eigenvalue weighted by Gasteiger charge is 2.25. The van der Waals surface area contributed by atoms with Gasteiger partial charge in [-0.3, -0.25) is 4.79 Å². The smallest absolute Gasteiger partial charge is 0.255 e. The average molecular weight is 241 g/mol. The number of methoxy groups -OCH3 is 1. The molecule has 92 valence electrons. The second kappa shape index (κ2) is 4.33. The van der Waals surface area contributed by atoms with Gasteiger partial charge in [-0.25, -0.2) is 0 Å². The number of ether oxygens (including phenoxy) is 1. The van der Waals surface area contributed by atoms with Gasteiger partial charge >= 0.3 is 0 Å². The van der Waals surface area contributed by atoms with Gasteiger partial charge in [0.05, 0.1) is 12.7 Å². The van der Waals surface area contributed by atoms with Crippen LogP contribution in [0.4, 0.5) is 0 Å². The highest BCUT2D eigenvalue weighted by molar-refractivity contribution is 6.01. The van der Waals surface area contributed by atoms with E-state index < -0.39 is 0 Å². The van der Waals surface area contributed by atoms with Crippen molar-refractivity contribution in [2.24, 2.45) is 0 Å². The van der Waals surface area contributed by atoms with Crippen LogP contribution in [0.1, 0.15) is 23.2 Å². The van der Waals surface area contributed by atoms with Gasteiger partial charge in [0.2, 0.25) is 0 Å². The molecule has 0 saturated heterocycles. The molecule has 18 heavy (non-hydrogen) atoms. The fourth-order valence-electron chi connectivity index (χ4n) is 2.06. The first-order valence-electron chi connectivity index (χ1n) is 6.15. The number of hydrogen-bond acceptors (Lipinski definition) is 2. The monoisotopic (exact) mass is 241 g/mol. The zero-order valence-corrected chi connectivity index (χ0v) is 10.3. The molecule has 3 heteroatoms. The molecule has 1 amide bonds. The largest absolute Gasteiger partial charge is 0.496 e. The number of benzene rings is 2. The Morgan fingerprint density at radius 3 is 2.50 bits per heavy atom. The lowest BCUT2D eigenvalue weighted by atomic mass is 10.1. The fourth-order valence-corrected chi connectivity index (χ4v) is 2.06. The number of rotatable bonds is 3. The molecule has 0 aromatic heterocycles. The molecule has 0 heterocycles. The number of nitrogens with one attached hydrogen (secondary N) is 1. The zero-order valence-electron chi connectivity index (χ0n) is 10.3. The zero-order chi connectivity index (χ0) is 12.5. The summed E-state index contributed by atoms with van der Waals surface area (Å²) in [5.74, 6) is 0.590. The Hall–Kier alpha value is -2.03. The number of fused-ring (bicyclic) bond motifs is 1. The Morgan fingerprint density at radius 1 is 1.22 bits per heavy atom. The normalized spacial score (nSPS) is 14.5. The lowest BCUT2D eigenvalue weighted by Gasteiger charge is -2.10. The van der Waals surface area contributed by atoms with E-state index in [1.807, 2.05) is 36.4 Å². The maximum atomic E-state index is 12.1. The van der Waals surface area contributed by atoms with Gasteiger partial charge < -0.3 is 10.1 Å². The summed E-state index contributed by atoms with van der Waals surface area (Å²) in [5, 5.41) is 5.13. The van der Waals surface area contributed by atoms with E-state index in [2.05, 4.69) is 5.32 Å². The Balaban J connectivity index is 2.04. The third kappa shape index (κ3) is 2.04. The first-order valence-corrected chi connectivity index (χ1v) is 6.15. The maximum absolute atomic E-state index is 12.1. The summed E-state index contributed by atoms with van der Waals surface area (Å²) in [6, 6.07) is 12.1. The first-order chi connectivity index (χ1) is 8.78. The van der Waals surface area contributed by atoms with Crippen LogP contribution in [0.15, 0.2) is 36.4 Å². The van der Waals surface area contributed by atoms with Gasteiger partial charge in [0.25, 0.3) is 5.91 Å². The maximum Gasteiger partial charge on any atom is 0.255 e. The van der Waals surface area contributed by atoms with Crippen LogP contribution in [0.5, 0.6) is 5.75 Å². The molecule has 2 aromatic carbocycles. The molecular formula is C15H15NO2. The number of hydrogen-bond donors (Lipinski definition) is 1.